The molecule has 0 saturated heterocycles. The first-order valence-corrected chi connectivity index (χ1v) is 10.6. The molecular weight excluding hydrogens is 392 g/mol. The maximum absolute atomic E-state index is 5.47. The summed E-state index contributed by atoms with van der Waals surface area (Å²) in [6, 6.07) is 3.75. The Balaban J connectivity index is 0.00000132. The summed E-state index contributed by atoms with van der Waals surface area (Å²) < 4.78 is 18.0. The largest absolute Gasteiger partial charge is 0.493 e. The third-order valence-corrected chi connectivity index (χ3v) is 5.09. The van der Waals surface area contributed by atoms with E-state index in [0.717, 1.165) is 48.2 Å². The molecule has 1 aliphatic carbocycles. The van der Waals surface area contributed by atoms with Crippen LogP contribution in [0.15, 0.2) is 42.3 Å². The van der Waals surface area contributed by atoms with Gasteiger partial charge in [0.1, 0.15) is 0 Å². The van der Waals surface area contributed by atoms with Crippen LogP contribution < -0.4 is 9.47 Å². The van der Waals surface area contributed by atoms with E-state index in [9.17, 15) is 0 Å². The van der Waals surface area contributed by atoms with Crippen molar-refractivity contribution >= 4 is 17.0 Å². The van der Waals surface area contributed by atoms with Gasteiger partial charge in [-0.2, -0.15) is 15.3 Å². The van der Waals surface area contributed by atoms with Crippen LogP contribution >= 0.6 is 0 Å². The number of hydrogen-bond acceptors (Lipinski definition) is 6. The van der Waals surface area contributed by atoms with E-state index in [-0.39, 0.29) is 0 Å². The first kappa shape index (κ1) is 22.5. The number of hydrogen-bond donors (Lipinski definition) is 0. The van der Waals surface area contributed by atoms with Crippen molar-refractivity contribution < 1.29 is 14.2 Å². The van der Waals surface area contributed by atoms with Crippen LogP contribution in [-0.4, -0.2) is 47.9 Å². The molecule has 0 amide bonds. The Labute approximate surface area is 183 Å². The Morgan fingerprint density at radius 1 is 1.00 bits per heavy atom. The molecule has 0 unspecified atom stereocenters. The molecule has 0 spiro atoms. The van der Waals surface area contributed by atoms with Crippen molar-refractivity contribution in [1.82, 2.24) is 20.0 Å². The quantitative estimate of drug-likeness (QED) is 0.510. The van der Waals surface area contributed by atoms with Crippen molar-refractivity contribution in [2.75, 3.05) is 27.9 Å². The van der Waals surface area contributed by atoms with Crippen molar-refractivity contribution in [3.63, 3.8) is 0 Å². The van der Waals surface area contributed by atoms with Crippen molar-refractivity contribution in [1.29, 1.82) is 0 Å². The predicted octanol–water partition coefficient (Wildman–Crippen LogP) is 4.78. The molecule has 4 rings (SSSR count). The lowest BCUT2D eigenvalue weighted by Crippen LogP contribution is -2.03. The van der Waals surface area contributed by atoms with E-state index in [4.69, 9.17) is 14.2 Å². The van der Waals surface area contributed by atoms with Gasteiger partial charge in [-0.25, -0.2) is 4.68 Å². The van der Waals surface area contributed by atoms with E-state index in [1.54, 1.807) is 27.5 Å². The standard InChI is InChI=1S/C22H24N4O3.C2H6/c1-27-10-4-5-15-6-8-16-13-24-26(19(16)9-7-15)20-14-23-25-18-12-22(29-3)21(28-2)11-17(18)20;1-2/h6-7,9,11-14H,4-5,8,10H2,1-3H3;1-2H3. The third kappa shape index (κ3) is 4.77. The van der Waals surface area contributed by atoms with Crippen LogP contribution in [0.5, 0.6) is 11.5 Å². The lowest BCUT2D eigenvalue weighted by molar-refractivity contribution is 0.195. The summed E-state index contributed by atoms with van der Waals surface area (Å²) in [5.41, 5.74) is 5.11. The maximum atomic E-state index is 5.47. The number of rotatable bonds is 7. The van der Waals surface area contributed by atoms with Gasteiger partial charge in [-0.05, 0) is 31.4 Å². The zero-order chi connectivity index (χ0) is 22.2. The van der Waals surface area contributed by atoms with Gasteiger partial charge in [0.25, 0.3) is 0 Å². The monoisotopic (exact) mass is 422 g/mol. The molecule has 7 heteroatoms. The molecule has 31 heavy (non-hydrogen) atoms. The summed E-state index contributed by atoms with van der Waals surface area (Å²) >= 11 is 0. The highest BCUT2D eigenvalue weighted by molar-refractivity contribution is 5.89. The fraction of sp³-hybridized carbons (Fsp3) is 0.375. The predicted molar refractivity (Wildman–Crippen MR) is 123 cm³/mol. The second kappa shape index (κ2) is 10.7. The summed E-state index contributed by atoms with van der Waals surface area (Å²) in [6.45, 7) is 4.77. The van der Waals surface area contributed by atoms with E-state index in [2.05, 4.69) is 33.5 Å². The molecule has 3 aromatic rings. The Bertz CT molecular complexity index is 1090. The number of ether oxygens (including phenoxy) is 3. The van der Waals surface area contributed by atoms with Gasteiger partial charge in [-0.15, -0.1) is 0 Å². The highest BCUT2D eigenvalue weighted by Crippen LogP contribution is 2.34. The minimum absolute atomic E-state index is 0.621. The fourth-order valence-electron chi connectivity index (χ4n) is 3.56. The van der Waals surface area contributed by atoms with E-state index < -0.39 is 0 Å². The smallest absolute Gasteiger partial charge is 0.162 e. The van der Waals surface area contributed by atoms with Gasteiger partial charge in [0.15, 0.2) is 11.5 Å². The normalized spacial score (nSPS) is 12.5. The van der Waals surface area contributed by atoms with Crippen LogP contribution in [0.4, 0.5) is 0 Å². The summed E-state index contributed by atoms with van der Waals surface area (Å²) in [5.74, 6) is 1.26. The van der Waals surface area contributed by atoms with Gasteiger partial charge in [0.05, 0.1) is 43.5 Å². The van der Waals surface area contributed by atoms with Crippen molar-refractivity contribution in [2.45, 2.75) is 33.1 Å². The van der Waals surface area contributed by atoms with E-state index in [1.165, 1.54) is 11.1 Å². The molecule has 164 valence electrons. The average molecular weight is 423 g/mol. The molecule has 2 heterocycles. The van der Waals surface area contributed by atoms with E-state index in [1.807, 2.05) is 36.9 Å². The Morgan fingerprint density at radius 2 is 1.77 bits per heavy atom. The van der Waals surface area contributed by atoms with Crippen molar-refractivity contribution in [2.24, 2.45) is 0 Å². The van der Waals surface area contributed by atoms with Crippen molar-refractivity contribution in [3.05, 3.63) is 53.5 Å². The summed E-state index contributed by atoms with van der Waals surface area (Å²) in [4.78, 5) is 0. The molecular formula is C24H30N4O3. The number of nitrogens with zero attached hydrogens (tertiary/aromatic N) is 4. The van der Waals surface area contributed by atoms with Crippen LogP contribution in [0.3, 0.4) is 0 Å². The van der Waals surface area contributed by atoms with Gasteiger partial charge in [0, 0.05) is 30.7 Å². The fourth-order valence-corrected chi connectivity index (χ4v) is 3.56. The van der Waals surface area contributed by atoms with E-state index >= 15 is 0 Å². The van der Waals surface area contributed by atoms with Crippen LogP contribution in [0, 0.1) is 0 Å². The molecule has 0 radical (unpaired) electrons. The summed E-state index contributed by atoms with van der Waals surface area (Å²) in [6.07, 6.45) is 13.1. The molecule has 0 saturated carbocycles. The molecule has 0 aliphatic heterocycles. The summed E-state index contributed by atoms with van der Waals surface area (Å²) in [5, 5.41) is 14.0. The Hall–Kier alpha value is -3.19. The van der Waals surface area contributed by atoms with Crippen molar-refractivity contribution in [3.8, 4) is 17.2 Å². The zero-order valence-corrected chi connectivity index (χ0v) is 18.9. The molecule has 0 atom stereocenters. The van der Waals surface area contributed by atoms with Crippen LogP contribution in [0.1, 0.15) is 37.9 Å². The molecule has 1 aromatic carbocycles. The SMILES string of the molecule is CC.COCCCC1=CCc2cnn(-c3cnnc4cc(OC)c(OC)cc34)c2C=C1. The van der Waals surface area contributed by atoms with Crippen LogP contribution in [-0.2, 0) is 11.2 Å². The number of aromatic nitrogens is 4. The molecule has 2 aromatic heterocycles. The minimum atomic E-state index is 0.621. The molecule has 0 fully saturated rings. The molecule has 7 nitrogen and oxygen atoms in total. The lowest BCUT2D eigenvalue weighted by atomic mass is 10.1. The number of allylic oxidation sites excluding steroid dienone is 3. The maximum Gasteiger partial charge on any atom is 0.162 e. The Kier molecular flexibility index (Phi) is 7.78. The van der Waals surface area contributed by atoms with Gasteiger partial charge in [0.2, 0.25) is 0 Å². The second-order valence-electron chi connectivity index (χ2n) is 6.83. The second-order valence-corrected chi connectivity index (χ2v) is 6.83. The number of methoxy groups -OCH3 is 3. The topological polar surface area (TPSA) is 71.3 Å². The minimum Gasteiger partial charge on any atom is -0.493 e. The highest BCUT2D eigenvalue weighted by atomic mass is 16.5. The molecule has 0 N–H and O–H groups in total. The van der Waals surface area contributed by atoms with Gasteiger partial charge >= 0.3 is 0 Å². The van der Waals surface area contributed by atoms with Crippen LogP contribution in [0.25, 0.3) is 22.7 Å². The van der Waals surface area contributed by atoms with Gasteiger partial charge in [-0.3, -0.25) is 0 Å². The first-order valence-electron chi connectivity index (χ1n) is 10.6. The van der Waals surface area contributed by atoms with Gasteiger partial charge < -0.3 is 14.2 Å². The molecule has 0 bridgehead atoms. The number of benzene rings is 1. The Morgan fingerprint density at radius 3 is 2.52 bits per heavy atom. The van der Waals surface area contributed by atoms with Gasteiger partial charge in [-0.1, -0.05) is 31.6 Å². The summed E-state index contributed by atoms with van der Waals surface area (Å²) in [7, 11) is 4.97. The van der Waals surface area contributed by atoms with E-state index in [0.29, 0.717) is 11.5 Å². The molecule has 1 aliphatic rings. The zero-order valence-electron chi connectivity index (χ0n) is 18.9. The highest BCUT2D eigenvalue weighted by Gasteiger charge is 2.17. The third-order valence-electron chi connectivity index (χ3n) is 5.09. The first-order chi connectivity index (χ1) is 15.2. The number of fused-ring (bicyclic) bond motifs is 2. The average Bonchev–Trinajstić information content (AvgIpc) is 3.12. The van der Waals surface area contributed by atoms with Crippen LogP contribution in [0.2, 0.25) is 0 Å². The lowest BCUT2D eigenvalue weighted by Gasteiger charge is -2.12.